The van der Waals surface area contributed by atoms with Crippen LogP contribution in [0.25, 0.3) is 0 Å². The van der Waals surface area contributed by atoms with E-state index in [1.54, 1.807) is 23.1 Å². The van der Waals surface area contributed by atoms with E-state index in [1.165, 1.54) is 0 Å². The van der Waals surface area contributed by atoms with E-state index in [4.69, 9.17) is 9.05 Å². The molecule has 19 heavy (non-hydrogen) atoms. The van der Waals surface area contributed by atoms with Crippen molar-refractivity contribution in [3.05, 3.63) is 11.4 Å². The third kappa shape index (κ3) is 5.52. The van der Waals surface area contributed by atoms with Crippen molar-refractivity contribution in [1.82, 2.24) is 0 Å². The van der Waals surface area contributed by atoms with Crippen molar-refractivity contribution in [2.45, 2.75) is 44.1 Å². The molecule has 0 aromatic carbocycles. The van der Waals surface area contributed by atoms with Gasteiger partial charge in [-0.1, -0.05) is 15.9 Å². The molecule has 0 aliphatic carbocycles. The summed E-state index contributed by atoms with van der Waals surface area (Å²) >= 11 is 6.66. The summed E-state index contributed by atoms with van der Waals surface area (Å²) in [5, 5.41) is 3.53. The maximum absolute atomic E-state index is 13.0. The summed E-state index contributed by atoms with van der Waals surface area (Å²) in [5.41, 5.74) is 0. The second kappa shape index (κ2) is 8.20. The fraction of sp³-hybridized carbons (Fsp3) is 0.667. The molecule has 0 atom stereocenters. The van der Waals surface area contributed by atoms with Crippen LogP contribution in [-0.2, 0) is 13.6 Å². The van der Waals surface area contributed by atoms with Gasteiger partial charge in [0, 0.05) is 11.1 Å². The van der Waals surface area contributed by atoms with Gasteiger partial charge in [-0.15, -0.1) is 23.1 Å². The summed E-state index contributed by atoms with van der Waals surface area (Å²) in [5.74, 6) is 0.927. The molecule has 0 unspecified atom stereocenters. The number of thiophene rings is 1. The van der Waals surface area contributed by atoms with Gasteiger partial charge in [-0.25, -0.2) is 0 Å². The smallest absolute Gasteiger partial charge is 0.302 e. The quantitative estimate of drug-likeness (QED) is 0.361. The predicted molar refractivity (Wildman–Crippen MR) is 88.5 cm³/mol. The minimum atomic E-state index is -3.24. The molecule has 1 aromatic heterocycles. The third-order valence-electron chi connectivity index (χ3n) is 1.91. The molecule has 0 fully saturated rings. The van der Waals surface area contributed by atoms with Crippen molar-refractivity contribution in [2.24, 2.45) is 0 Å². The van der Waals surface area contributed by atoms with Crippen LogP contribution in [0.15, 0.2) is 15.7 Å². The molecule has 7 heteroatoms. The van der Waals surface area contributed by atoms with Crippen molar-refractivity contribution in [2.75, 3.05) is 11.1 Å². The number of rotatable bonds is 8. The Labute approximate surface area is 132 Å². The number of thioether (sulfide) groups is 1. The highest BCUT2D eigenvalue weighted by atomic mass is 79.9. The second-order valence-corrected chi connectivity index (χ2v) is 9.41. The Morgan fingerprint density at radius 3 is 2.37 bits per heavy atom. The van der Waals surface area contributed by atoms with Crippen LogP contribution in [0.5, 0.6) is 0 Å². The zero-order valence-corrected chi connectivity index (χ0v) is 15.7. The van der Waals surface area contributed by atoms with Gasteiger partial charge in [0.2, 0.25) is 0 Å². The third-order valence-corrected chi connectivity index (χ3v) is 7.74. The molecule has 0 saturated heterocycles. The predicted octanol–water partition coefficient (Wildman–Crippen LogP) is 4.90. The molecule has 1 heterocycles. The van der Waals surface area contributed by atoms with Crippen LogP contribution in [0.3, 0.4) is 0 Å². The zero-order valence-electron chi connectivity index (χ0n) is 11.6. The molecule has 110 valence electrons. The first-order valence-electron chi connectivity index (χ1n) is 6.12. The first kappa shape index (κ1) is 17.7. The van der Waals surface area contributed by atoms with Gasteiger partial charge in [0.15, 0.2) is 0 Å². The van der Waals surface area contributed by atoms with Crippen LogP contribution in [0.4, 0.5) is 0 Å². The van der Waals surface area contributed by atoms with Gasteiger partial charge in [-0.2, -0.15) is 0 Å². The molecule has 1 rings (SSSR count). The van der Waals surface area contributed by atoms with E-state index in [-0.39, 0.29) is 12.2 Å². The lowest BCUT2D eigenvalue weighted by Gasteiger charge is -2.23. The summed E-state index contributed by atoms with van der Waals surface area (Å²) in [6, 6.07) is 1.85. The molecule has 0 saturated carbocycles. The Bertz CT molecular complexity index is 420. The van der Waals surface area contributed by atoms with Gasteiger partial charge in [0.1, 0.15) is 0 Å². The van der Waals surface area contributed by atoms with Crippen LogP contribution >= 0.6 is 46.6 Å². The van der Waals surface area contributed by atoms with Crippen LogP contribution in [0.1, 0.15) is 27.7 Å². The van der Waals surface area contributed by atoms with Crippen molar-refractivity contribution in [1.29, 1.82) is 0 Å². The van der Waals surface area contributed by atoms with Gasteiger partial charge in [-0.3, -0.25) is 4.57 Å². The van der Waals surface area contributed by atoms with Gasteiger partial charge < -0.3 is 9.05 Å². The Morgan fingerprint density at radius 2 is 1.89 bits per heavy atom. The number of hydrogen-bond acceptors (Lipinski definition) is 5. The summed E-state index contributed by atoms with van der Waals surface area (Å²) in [6.07, 6.45) is -0.281. The first-order chi connectivity index (χ1) is 8.89. The van der Waals surface area contributed by atoms with Crippen LogP contribution in [0.2, 0.25) is 0 Å². The number of hydrogen-bond donors (Lipinski definition) is 0. The van der Waals surface area contributed by atoms with Gasteiger partial charge in [0.05, 0.1) is 21.7 Å². The fourth-order valence-electron chi connectivity index (χ4n) is 1.42. The van der Waals surface area contributed by atoms with E-state index in [1.807, 2.05) is 39.1 Å². The standard InChI is InChI=1S/C12H20BrO3PS2/c1-9(2)15-17(14,16-10(3)4)11-5-7-18-12(11)19-8-6-13/h5,7,9-10H,6,8H2,1-4H3. The lowest BCUT2D eigenvalue weighted by molar-refractivity contribution is 0.150. The highest BCUT2D eigenvalue weighted by molar-refractivity contribution is 9.09. The molecule has 0 aliphatic rings. The second-order valence-electron chi connectivity index (χ2n) is 4.44. The Hall–Kier alpha value is 0.680. The molecule has 0 amide bonds. The first-order valence-corrected chi connectivity index (χ1v) is 10.7. The maximum atomic E-state index is 13.0. The average molecular weight is 387 g/mol. The van der Waals surface area contributed by atoms with Crippen molar-refractivity contribution in [3.63, 3.8) is 0 Å². The maximum Gasteiger partial charge on any atom is 0.363 e. The highest BCUT2D eigenvalue weighted by Crippen LogP contribution is 2.52. The summed E-state index contributed by atoms with van der Waals surface area (Å²) in [7, 11) is -3.24. The number of alkyl halides is 1. The average Bonchev–Trinajstić information content (AvgIpc) is 2.72. The monoisotopic (exact) mass is 386 g/mol. The molecular weight excluding hydrogens is 367 g/mol. The van der Waals surface area contributed by atoms with E-state index in [0.29, 0.717) is 5.30 Å². The number of halogens is 1. The van der Waals surface area contributed by atoms with Crippen molar-refractivity contribution < 1.29 is 13.6 Å². The lowest BCUT2D eigenvalue weighted by Crippen LogP contribution is -2.16. The molecule has 0 radical (unpaired) electrons. The topological polar surface area (TPSA) is 35.5 Å². The molecular formula is C12H20BrO3PS2. The molecule has 1 aromatic rings. The SMILES string of the molecule is CC(C)OP(=O)(OC(C)C)c1ccsc1SCCBr. The van der Waals surface area contributed by atoms with E-state index < -0.39 is 7.60 Å². The van der Waals surface area contributed by atoms with Gasteiger partial charge in [0.25, 0.3) is 0 Å². The van der Waals surface area contributed by atoms with E-state index in [0.717, 1.165) is 15.3 Å². The van der Waals surface area contributed by atoms with Crippen LogP contribution < -0.4 is 5.30 Å². The minimum absolute atomic E-state index is 0.140. The van der Waals surface area contributed by atoms with Crippen molar-refractivity contribution in [3.8, 4) is 0 Å². The lowest BCUT2D eigenvalue weighted by atomic mass is 10.5. The fourth-order valence-corrected chi connectivity index (χ4v) is 6.59. The summed E-state index contributed by atoms with van der Waals surface area (Å²) < 4.78 is 25.3. The van der Waals surface area contributed by atoms with Crippen LogP contribution in [0, 0.1) is 0 Å². The Kier molecular flexibility index (Phi) is 7.65. The molecule has 0 spiro atoms. The largest absolute Gasteiger partial charge is 0.363 e. The van der Waals surface area contributed by atoms with Gasteiger partial charge in [-0.05, 0) is 39.1 Å². The Morgan fingerprint density at radius 1 is 1.32 bits per heavy atom. The Balaban J connectivity index is 3.03. The highest BCUT2D eigenvalue weighted by Gasteiger charge is 2.33. The van der Waals surface area contributed by atoms with E-state index >= 15 is 0 Å². The molecule has 0 aliphatic heterocycles. The minimum Gasteiger partial charge on any atom is -0.302 e. The normalized spacial score (nSPS) is 12.6. The van der Waals surface area contributed by atoms with Crippen molar-refractivity contribution >= 4 is 51.9 Å². The zero-order chi connectivity index (χ0) is 14.5. The van der Waals surface area contributed by atoms with Gasteiger partial charge >= 0.3 is 7.60 Å². The molecule has 3 nitrogen and oxygen atoms in total. The van der Waals surface area contributed by atoms with E-state index in [9.17, 15) is 4.57 Å². The molecule has 0 bridgehead atoms. The van der Waals surface area contributed by atoms with E-state index in [2.05, 4.69) is 15.9 Å². The summed E-state index contributed by atoms with van der Waals surface area (Å²) in [4.78, 5) is 0. The summed E-state index contributed by atoms with van der Waals surface area (Å²) in [6.45, 7) is 7.48. The molecule has 0 N–H and O–H groups in total. The van der Waals surface area contributed by atoms with Crippen LogP contribution in [-0.4, -0.2) is 23.3 Å².